The summed E-state index contributed by atoms with van der Waals surface area (Å²) in [6.45, 7) is 5.32. The van der Waals surface area contributed by atoms with Crippen LogP contribution in [0.3, 0.4) is 0 Å². The highest BCUT2D eigenvalue weighted by Gasteiger charge is 2.08. The molecule has 2 N–H and O–H groups in total. The third kappa shape index (κ3) is 4.25. The average Bonchev–Trinajstić information content (AvgIpc) is 3.07. The van der Waals surface area contributed by atoms with Crippen molar-refractivity contribution in [3.05, 3.63) is 46.0 Å². The molecule has 4 heteroatoms. The quantitative estimate of drug-likeness (QED) is 0.852. The zero-order valence-electron chi connectivity index (χ0n) is 11.1. The molecular formula is C15H18N2OS. The summed E-state index contributed by atoms with van der Waals surface area (Å²) in [6.07, 6.45) is 1.72. The minimum absolute atomic E-state index is 0.407. The van der Waals surface area contributed by atoms with E-state index in [1.807, 2.05) is 12.1 Å². The van der Waals surface area contributed by atoms with Crippen LogP contribution < -0.4 is 5.73 Å². The molecule has 2 heterocycles. The Morgan fingerprint density at radius 2 is 2.32 bits per heavy atom. The summed E-state index contributed by atoms with van der Waals surface area (Å²) in [4.78, 5) is 3.65. The van der Waals surface area contributed by atoms with E-state index >= 15 is 0 Å². The van der Waals surface area contributed by atoms with E-state index in [-0.39, 0.29) is 0 Å². The minimum Gasteiger partial charge on any atom is -0.468 e. The van der Waals surface area contributed by atoms with E-state index in [9.17, 15) is 0 Å². The highest BCUT2D eigenvalue weighted by molar-refractivity contribution is 7.10. The van der Waals surface area contributed by atoms with Crippen molar-refractivity contribution in [1.29, 1.82) is 0 Å². The summed E-state index contributed by atoms with van der Waals surface area (Å²) in [5, 5.41) is 2.08. The molecule has 0 atom stereocenters. The Bertz CT molecular complexity index is 548. The first-order valence-corrected chi connectivity index (χ1v) is 7.21. The van der Waals surface area contributed by atoms with Crippen molar-refractivity contribution in [3.8, 4) is 11.8 Å². The van der Waals surface area contributed by atoms with Crippen molar-refractivity contribution in [2.75, 3.05) is 13.1 Å². The molecule has 0 saturated heterocycles. The molecule has 100 valence electrons. The zero-order chi connectivity index (χ0) is 13.5. The number of thiophene rings is 1. The van der Waals surface area contributed by atoms with Gasteiger partial charge in [-0.25, -0.2) is 0 Å². The number of hydrogen-bond donors (Lipinski definition) is 1. The lowest BCUT2D eigenvalue weighted by molar-refractivity contribution is 0.250. The molecule has 3 nitrogen and oxygen atoms in total. The van der Waals surface area contributed by atoms with Crippen LogP contribution in [0.2, 0.25) is 0 Å². The first-order chi connectivity index (χ1) is 9.31. The Morgan fingerprint density at radius 1 is 1.42 bits per heavy atom. The Morgan fingerprint density at radius 3 is 3.00 bits per heavy atom. The lowest BCUT2D eigenvalue weighted by Crippen LogP contribution is -2.21. The van der Waals surface area contributed by atoms with Crippen molar-refractivity contribution >= 4 is 11.3 Å². The SMILES string of the molecule is CCN(Cc1ccco1)Cc1cc(C#CCN)cs1. The summed E-state index contributed by atoms with van der Waals surface area (Å²) in [5.41, 5.74) is 6.43. The monoisotopic (exact) mass is 274 g/mol. The van der Waals surface area contributed by atoms with E-state index < -0.39 is 0 Å². The standard InChI is InChI=1S/C15H18N2OS/c1-2-17(10-14-6-4-8-18-14)11-15-9-13(12-19-15)5-3-7-16/h4,6,8-9,12H,2,7,10-11,16H2,1H3. The summed E-state index contributed by atoms with van der Waals surface area (Å²) in [7, 11) is 0. The zero-order valence-corrected chi connectivity index (χ0v) is 11.9. The van der Waals surface area contributed by atoms with E-state index in [1.165, 1.54) is 4.88 Å². The normalized spacial score (nSPS) is 10.5. The summed E-state index contributed by atoms with van der Waals surface area (Å²) < 4.78 is 5.39. The topological polar surface area (TPSA) is 42.4 Å². The van der Waals surface area contributed by atoms with Gasteiger partial charge in [-0.05, 0) is 24.7 Å². The van der Waals surface area contributed by atoms with Gasteiger partial charge in [0.1, 0.15) is 5.76 Å². The lowest BCUT2D eigenvalue weighted by atomic mass is 10.3. The molecule has 0 radical (unpaired) electrons. The molecule has 0 aliphatic heterocycles. The number of hydrogen-bond acceptors (Lipinski definition) is 4. The van der Waals surface area contributed by atoms with Gasteiger partial charge in [-0.15, -0.1) is 11.3 Å². The van der Waals surface area contributed by atoms with Gasteiger partial charge in [0.25, 0.3) is 0 Å². The maximum Gasteiger partial charge on any atom is 0.117 e. The van der Waals surface area contributed by atoms with Gasteiger partial charge < -0.3 is 10.2 Å². The van der Waals surface area contributed by atoms with Crippen LogP contribution in [-0.2, 0) is 13.1 Å². The Kier molecular flexibility index (Phi) is 5.22. The van der Waals surface area contributed by atoms with E-state index in [0.717, 1.165) is 31.0 Å². The second kappa shape index (κ2) is 7.15. The molecule has 0 bridgehead atoms. The maximum absolute atomic E-state index is 5.39. The predicted molar refractivity (Wildman–Crippen MR) is 78.7 cm³/mol. The van der Waals surface area contributed by atoms with E-state index in [1.54, 1.807) is 17.6 Å². The van der Waals surface area contributed by atoms with Crippen LogP contribution in [0.4, 0.5) is 0 Å². The molecule has 2 aromatic rings. The van der Waals surface area contributed by atoms with Gasteiger partial charge in [0.15, 0.2) is 0 Å². The van der Waals surface area contributed by atoms with Crippen LogP contribution in [0.5, 0.6) is 0 Å². The molecule has 19 heavy (non-hydrogen) atoms. The lowest BCUT2D eigenvalue weighted by Gasteiger charge is -2.17. The van der Waals surface area contributed by atoms with Gasteiger partial charge in [0.05, 0.1) is 19.4 Å². The van der Waals surface area contributed by atoms with Crippen molar-refractivity contribution in [2.24, 2.45) is 5.73 Å². The van der Waals surface area contributed by atoms with Crippen molar-refractivity contribution in [3.63, 3.8) is 0 Å². The third-order valence-electron chi connectivity index (χ3n) is 2.77. The Balaban J connectivity index is 1.96. The van der Waals surface area contributed by atoms with Gasteiger partial charge >= 0.3 is 0 Å². The average molecular weight is 274 g/mol. The summed E-state index contributed by atoms with van der Waals surface area (Å²) in [6, 6.07) is 6.07. The van der Waals surface area contributed by atoms with Crippen molar-refractivity contribution < 1.29 is 4.42 Å². The van der Waals surface area contributed by atoms with Crippen molar-refractivity contribution in [1.82, 2.24) is 4.90 Å². The second-order valence-electron chi connectivity index (χ2n) is 4.19. The fourth-order valence-electron chi connectivity index (χ4n) is 1.81. The molecular weight excluding hydrogens is 256 g/mol. The first-order valence-electron chi connectivity index (χ1n) is 6.33. The number of furan rings is 1. The van der Waals surface area contributed by atoms with E-state index in [0.29, 0.717) is 6.54 Å². The van der Waals surface area contributed by atoms with Gasteiger partial charge in [-0.3, -0.25) is 4.90 Å². The molecule has 2 aromatic heterocycles. The Labute approximate surface area is 118 Å². The highest BCUT2D eigenvalue weighted by Crippen LogP contribution is 2.17. The van der Waals surface area contributed by atoms with Gasteiger partial charge in [-0.2, -0.15) is 0 Å². The largest absolute Gasteiger partial charge is 0.468 e. The van der Waals surface area contributed by atoms with Crippen LogP contribution in [0, 0.1) is 11.8 Å². The van der Waals surface area contributed by atoms with Crippen molar-refractivity contribution in [2.45, 2.75) is 20.0 Å². The molecule has 0 aromatic carbocycles. The number of nitrogens with zero attached hydrogens (tertiary/aromatic N) is 1. The smallest absolute Gasteiger partial charge is 0.117 e. The summed E-state index contributed by atoms with van der Waals surface area (Å²) in [5.74, 6) is 6.94. The minimum atomic E-state index is 0.407. The fraction of sp³-hybridized carbons (Fsp3) is 0.333. The predicted octanol–water partition coefficient (Wildman–Crippen LogP) is 2.67. The van der Waals surface area contributed by atoms with Gasteiger partial charge in [0.2, 0.25) is 0 Å². The molecule has 0 aliphatic rings. The first kappa shape index (κ1) is 13.9. The molecule has 0 aliphatic carbocycles. The molecule has 0 amide bonds. The highest BCUT2D eigenvalue weighted by atomic mass is 32.1. The third-order valence-corrected chi connectivity index (χ3v) is 3.70. The van der Waals surface area contributed by atoms with Crippen LogP contribution >= 0.6 is 11.3 Å². The van der Waals surface area contributed by atoms with E-state index in [4.69, 9.17) is 10.2 Å². The van der Waals surface area contributed by atoms with Crippen LogP contribution in [0.1, 0.15) is 23.1 Å². The summed E-state index contributed by atoms with van der Waals surface area (Å²) >= 11 is 1.74. The van der Waals surface area contributed by atoms with Gasteiger partial charge in [0, 0.05) is 22.4 Å². The van der Waals surface area contributed by atoms with Gasteiger partial charge in [-0.1, -0.05) is 18.8 Å². The molecule has 0 unspecified atom stereocenters. The van der Waals surface area contributed by atoms with Crippen LogP contribution in [0.25, 0.3) is 0 Å². The second-order valence-corrected chi connectivity index (χ2v) is 5.19. The van der Waals surface area contributed by atoms with Crippen LogP contribution in [0.15, 0.2) is 34.3 Å². The number of nitrogens with two attached hydrogens (primary N) is 1. The van der Waals surface area contributed by atoms with Crippen LogP contribution in [-0.4, -0.2) is 18.0 Å². The molecule has 0 saturated carbocycles. The fourth-order valence-corrected chi connectivity index (χ4v) is 2.66. The molecule has 0 spiro atoms. The maximum atomic E-state index is 5.39. The Hall–Kier alpha value is -1.54. The van der Waals surface area contributed by atoms with E-state index in [2.05, 4.69) is 35.1 Å². The molecule has 2 rings (SSSR count). The molecule has 0 fully saturated rings. The number of rotatable bonds is 5.